The number of hydrogen-bond donors (Lipinski definition) is 1. The Bertz CT molecular complexity index is 744. The molecule has 5 nitrogen and oxygen atoms in total. The smallest absolute Gasteiger partial charge is 0.307 e. The second-order valence-electron chi connectivity index (χ2n) is 5.68. The van der Waals surface area contributed by atoms with Crippen molar-refractivity contribution in [2.75, 3.05) is 6.54 Å². The average Bonchev–Trinajstić information content (AvgIpc) is 2.66. The van der Waals surface area contributed by atoms with E-state index in [0.717, 1.165) is 10.0 Å². The van der Waals surface area contributed by atoms with E-state index >= 15 is 0 Å². The van der Waals surface area contributed by atoms with Crippen molar-refractivity contribution in [3.63, 3.8) is 0 Å². The van der Waals surface area contributed by atoms with Crippen LogP contribution in [0.3, 0.4) is 0 Å². The summed E-state index contributed by atoms with van der Waals surface area (Å²) in [6, 6.07) is 16.3. The molecule has 0 radical (unpaired) electrons. The third kappa shape index (κ3) is 7.19. The highest BCUT2D eigenvalue weighted by Crippen LogP contribution is 2.11. The number of halogens is 1. The first-order valence-electron chi connectivity index (χ1n) is 8.29. The molecule has 0 saturated carbocycles. The van der Waals surface area contributed by atoms with Crippen molar-refractivity contribution in [3.8, 4) is 0 Å². The normalized spacial score (nSPS) is 10.2. The Morgan fingerprint density at radius 3 is 2.27 bits per heavy atom. The molecule has 136 valence electrons. The summed E-state index contributed by atoms with van der Waals surface area (Å²) >= 11 is 3.34. The van der Waals surface area contributed by atoms with Gasteiger partial charge in [-0.1, -0.05) is 58.4 Å². The van der Waals surface area contributed by atoms with Crippen LogP contribution in [0.4, 0.5) is 0 Å². The topological polar surface area (TPSA) is 72.5 Å². The summed E-state index contributed by atoms with van der Waals surface area (Å²) < 4.78 is 6.11. The number of hydrogen-bond acceptors (Lipinski definition) is 4. The fourth-order valence-corrected chi connectivity index (χ4v) is 2.47. The molecule has 26 heavy (non-hydrogen) atoms. The lowest BCUT2D eigenvalue weighted by Crippen LogP contribution is -2.26. The summed E-state index contributed by atoms with van der Waals surface area (Å²) in [6.45, 7) is 0.392. The van der Waals surface area contributed by atoms with Gasteiger partial charge in [0, 0.05) is 29.4 Å². The SMILES string of the molecule is O=C(CCC(=O)c1ccccc1)NCCC(=O)OCc1ccc(Br)cc1. The molecule has 0 heterocycles. The quantitative estimate of drug-likeness (QED) is 0.498. The van der Waals surface area contributed by atoms with Crippen molar-refractivity contribution in [3.05, 3.63) is 70.2 Å². The van der Waals surface area contributed by atoms with Crippen LogP contribution in [0.2, 0.25) is 0 Å². The van der Waals surface area contributed by atoms with Crippen LogP contribution in [-0.4, -0.2) is 24.2 Å². The maximum atomic E-state index is 11.9. The van der Waals surface area contributed by atoms with E-state index in [1.807, 2.05) is 30.3 Å². The minimum absolute atomic E-state index is 0.0744. The van der Waals surface area contributed by atoms with Gasteiger partial charge in [0.1, 0.15) is 6.61 Å². The third-order valence-electron chi connectivity index (χ3n) is 3.64. The number of Topliss-reactive ketones (excluding diaryl/α,β-unsaturated/α-hetero) is 1. The average molecular weight is 418 g/mol. The van der Waals surface area contributed by atoms with Crippen LogP contribution in [0, 0.1) is 0 Å². The van der Waals surface area contributed by atoms with Gasteiger partial charge < -0.3 is 10.1 Å². The van der Waals surface area contributed by atoms with Crippen LogP contribution in [-0.2, 0) is 20.9 Å². The molecule has 1 amide bonds. The second-order valence-corrected chi connectivity index (χ2v) is 6.59. The summed E-state index contributed by atoms with van der Waals surface area (Å²) in [5.41, 5.74) is 1.49. The highest BCUT2D eigenvalue weighted by molar-refractivity contribution is 9.10. The molecule has 0 aliphatic carbocycles. The standard InChI is InChI=1S/C20H20BrNO4/c21-17-8-6-15(7-9-17)14-26-20(25)12-13-22-19(24)11-10-18(23)16-4-2-1-3-5-16/h1-9H,10-14H2,(H,22,24). The van der Waals surface area contributed by atoms with Gasteiger partial charge >= 0.3 is 5.97 Å². The number of ether oxygens (including phenoxy) is 1. The van der Waals surface area contributed by atoms with E-state index in [1.54, 1.807) is 24.3 Å². The molecule has 6 heteroatoms. The summed E-state index contributed by atoms with van der Waals surface area (Å²) in [4.78, 5) is 35.3. The Morgan fingerprint density at radius 1 is 0.885 bits per heavy atom. The number of ketones is 1. The number of carbonyl (C=O) groups excluding carboxylic acids is 3. The molecule has 2 aromatic rings. The highest BCUT2D eigenvalue weighted by atomic mass is 79.9. The summed E-state index contributed by atoms with van der Waals surface area (Å²) in [5.74, 6) is -0.710. The Labute approximate surface area is 160 Å². The van der Waals surface area contributed by atoms with Crippen LogP contribution >= 0.6 is 15.9 Å². The number of amides is 1. The number of rotatable bonds is 9. The van der Waals surface area contributed by atoms with Gasteiger partial charge in [-0.05, 0) is 17.7 Å². The molecular formula is C20H20BrNO4. The number of nitrogens with one attached hydrogen (secondary N) is 1. The largest absolute Gasteiger partial charge is 0.461 e. The van der Waals surface area contributed by atoms with Gasteiger partial charge in [-0.3, -0.25) is 14.4 Å². The van der Waals surface area contributed by atoms with Gasteiger partial charge in [0.15, 0.2) is 5.78 Å². The van der Waals surface area contributed by atoms with Gasteiger partial charge in [-0.25, -0.2) is 0 Å². The highest BCUT2D eigenvalue weighted by Gasteiger charge is 2.10. The maximum absolute atomic E-state index is 11.9. The molecular weight excluding hydrogens is 398 g/mol. The van der Waals surface area contributed by atoms with E-state index in [1.165, 1.54) is 0 Å². The van der Waals surface area contributed by atoms with Crippen molar-refractivity contribution in [1.82, 2.24) is 5.32 Å². The Balaban J connectivity index is 1.59. The molecule has 1 N–H and O–H groups in total. The van der Waals surface area contributed by atoms with E-state index in [9.17, 15) is 14.4 Å². The molecule has 0 atom stereocenters. The molecule has 0 aromatic heterocycles. The first-order valence-corrected chi connectivity index (χ1v) is 9.09. The van der Waals surface area contributed by atoms with Crippen LogP contribution < -0.4 is 5.32 Å². The van der Waals surface area contributed by atoms with Gasteiger partial charge in [-0.2, -0.15) is 0 Å². The van der Waals surface area contributed by atoms with E-state index < -0.39 is 0 Å². The summed E-state index contributed by atoms with van der Waals surface area (Å²) in [6.07, 6.45) is 0.334. The molecule has 0 aliphatic heterocycles. The van der Waals surface area contributed by atoms with Crippen molar-refractivity contribution >= 4 is 33.6 Å². The van der Waals surface area contributed by atoms with Gasteiger partial charge in [0.05, 0.1) is 6.42 Å². The van der Waals surface area contributed by atoms with E-state index in [-0.39, 0.29) is 50.1 Å². The molecule has 0 bridgehead atoms. The van der Waals surface area contributed by atoms with Crippen LogP contribution in [0.5, 0.6) is 0 Å². The van der Waals surface area contributed by atoms with Crippen molar-refractivity contribution < 1.29 is 19.1 Å². The van der Waals surface area contributed by atoms with Crippen LogP contribution in [0.15, 0.2) is 59.1 Å². The number of carbonyl (C=O) groups is 3. The minimum atomic E-state index is -0.381. The second kappa shape index (κ2) is 10.5. The van der Waals surface area contributed by atoms with Crippen LogP contribution in [0.1, 0.15) is 35.2 Å². The monoisotopic (exact) mass is 417 g/mol. The molecule has 0 unspecified atom stereocenters. The molecule has 2 aromatic carbocycles. The predicted octanol–water partition coefficient (Wildman–Crippen LogP) is 3.66. The first kappa shape index (κ1) is 19.8. The first-order chi connectivity index (χ1) is 12.5. The lowest BCUT2D eigenvalue weighted by molar-refractivity contribution is -0.144. The van der Waals surface area contributed by atoms with Gasteiger partial charge in [-0.15, -0.1) is 0 Å². The van der Waals surface area contributed by atoms with E-state index in [2.05, 4.69) is 21.2 Å². The Kier molecular flexibility index (Phi) is 8.02. The molecule has 2 rings (SSSR count). The molecule has 0 aliphatic rings. The fraction of sp³-hybridized carbons (Fsp3) is 0.250. The summed E-state index contributed by atoms with van der Waals surface area (Å²) in [5, 5.41) is 2.63. The predicted molar refractivity (Wildman–Crippen MR) is 102 cm³/mol. The zero-order valence-electron chi connectivity index (χ0n) is 14.2. The molecule has 0 spiro atoms. The number of esters is 1. The van der Waals surface area contributed by atoms with Crippen molar-refractivity contribution in [2.45, 2.75) is 25.9 Å². The Morgan fingerprint density at radius 2 is 1.58 bits per heavy atom. The van der Waals surface area contributed by atoms with E-state index in [0.29, 0.717) is 5.56 Å². The molecule has 0 saturated heterocycles. The summed E-state index contributed by atoms with van der Waals surface area (Å²) in [7, 11) is 0. The zero-order valence-corrected chi connectivity index (χ0v) is 15.8. The zero-order chi connectivity index (χ0) is 18.8. The van der Waals surface area contributed by atoms with Crippen LogP contribution in [0.25, 0.3) is 0 Å². The van der Waals surface area contributed by atoms with Crippen molar-refractivity contribution in [1.29, 1.82) is 0 Å². The van der Waals surface area contributed by atoms with Gasteiger partial charge in [0.2, 0.25) is 5.91 Å². The third-order valence-corrected chi connectivity index (χ3v) is 4.17. The lowest BCUT2D eigenvalue weighted by Gasteiger charge is -2.07. The maximum Gasteiger partial charge on any atom is 0.307 e. The fourth-order valence-electron chi connectivity index (χ4n) is 2.20. The van der Waals surface area contributed by atoms with Gasteiger partial charge in [0.25, 0.3) is 0 Å². The Hall–Kier alpha value is -2.47. The lowest BCUT2D eigenvalue weighted by atomic mass is 10.1. The van der Waals surface area contributed by atoms with Crippen molar-refractivity contribution in [2.24, 2.45) is 0 Å². The molecule has 0 fully saturated rings. The minimum Gasteiger partial charge on any atom is -0.461 e. The number of benzene rings is 2. The van der Waals surface area contributed by atoms with E-state index in [4.69, 9.17) is 4.74 Å².